The number of nitrogens with zero attached hydrogens (tertiary/aromatic N) is 1. The van der Waals surface area contributed by atoms with Crippen molar-refractivity contribution < 1.29 is 23.7 Å². The standard InChI is InChI=1S/C22H20N2O4S/c1-3-28-22(27)20-18(16-8-5-4-6-9-16)14-29-21(20)23-19(26)13-24-11-7-10-17(12-24)15(2)25/h4-12,14H,3,13H2,1-2H3/p+1. The lowest BCUT2D eigenvalue weighted by Crippen LogP contribution is -2.40. The van der Waals surface area contributed by atoms with Gasteiger partial charge < -0.3 is 10.1 Å². The molecule has 0 aliphatic carbocycles. The summed E-state index contributed by atoms with van der Waals surface area (Å²) in [6, 6.07) is 12.9. The zero-order valence-corrected chi connectivity index (χ0v) is 17.0. The number of pyridine rings is 1. The molecule has 0 unspecified atom stereocenters. The average molecular weight is 409 g/mol. The first-order chi connectivity index (χ1) is 14.0. The zero-order chi connectivity index (χ0) is 20.8. The first-order valence-electron chi connectivity index (χ1n) is 9.13. The number of aromatic nitrogens is 1. The Balaban J connectivity index is 1.86. The zero-order valence-electron chi connectivity index (χ0n) is 16.2. The summed E-state index contributed by atoms with van der Waals surface area (Å²) in [4.78, 5) is 36.7. The summed E-state index contributed by atoms with van der Waals surface area (Å²) >= 11 is 1.28. The highest BCUT2D eigenvalue weighted by Crippen LogP contribution is 2.36. The minimum Gasteiger partial charge on any atom is -0.462 e. The van der Waals surface area contributed by atoms with Crippen molar-refractivity contribution in [2.45, 2.75) is 20.4 Å². The highest BCUT2D eigenvalue weighted by molar-refractivity contribution is 7.15. The van der Waals surface area contributed by atoms with E-state index in [1.54, 1.807) is 36.0 Å². The van der Waals surface area contributed by atoms with Crippen LogP contribution in [-0.2, 0) is 16.1 Å². The summed E-state index contributed by atoms with van der Waals surface area (Å²) in [7, 11) is 0. The monoisotopic (exact) mass is 409 g/mol. The molecule has 2 aromatic heterocycles. The van der Waals surface area contributed by atoms with Gasteiger partial charge in [-0.05, 0) is 25.5 Å². The Labute approximate surface area is 172 Å². The SMILES string of the molecule is CCOC(=O)c1c(-c2ccccc2)csc1NC(=O)C[n+]1cccc(C(C)=O)c1. The lowest BCUT2D eigenvalue weighted by Gasteiger charge is -2.08. The number of amides is 1. The van der Waals surface area contributed by atoms with Crippen molar-refractivity contribution in [1.29, 1.82) is 0 Å². The highest BCUT2D eigenvalue weighted by atomic mass is 32.1. The molecule has 0 fully saturated rings. The van der Waals surface area contributed by atoms with Crippen LogP contribution in [0.3, 0.4) is 0 Å². The van der Waals surface area contributed by atoms with E-state index in [-0.39, 0.29) is 24.8 Å². The average Bonchev–Trinajstić information content (AvgIpc) is 3.12. The topological polar surface area (TPSA) is 76.3 Å². The maximum Gasteiger partial charge on any atom is 0.341 e. The molecule has 0 saturated carbocycles. The predicted molar refractivity (Wildman–Crippen MR) is 111 cm³/mol. The molecule has 0 bridgehead atoms. The molecule has 0 aliphatic heterocycles. The van der Waals surface area contributed by atoms with Gasteiger partial charge >= 0.3 is 5.97 Å². The Hall–Kier alpha value is -3.32. The third-order valence-electron chi connectivity index (χ3n) is 4.20. The second kappa shape index (κ2) is 9.25. The van der Waals surface area contributed by atoms with Gasteiger partial charge in [-0.1, -0.05) is 30.3 Å². The van der Waals surface area contributed by atoms with Crippen LogP contribution in [0.2, 0.25) is 0 Å². The number of ketones is 1. The quantitative estimate of drug-likeness (QED) is 0.367. The van der Waals surface area contributed by atoms with Crippen molar-refractivity contribution in [1.82, 2.24) is 0 Å². The van der Waals surface area contributed by atoms with Gasteiger partial charge in [0.1, 0.15) is 10.6 Å². The van der Waals surface area contributed by atoms with Crippen LogP contribution in [0.25, 0.3) is 11.1 Å². The molecule has 1 amide bonds. The van der Waals surface area contributed by atoms with Gasteiger partial charge in [-0.15, -0.1) is 11.3 Å². The van der Waals surface area contributed by atoms with Gasteiger partial charge in [0.2, 0.25) is 6.54 Å². The van der Waals surface area contributed by atoms with Crippen molar-refractivity contribution in [2.75, 3.05) is 11.9 Å². The molecule has 2 heterocycles. The second-order valence-electron chi connectivity index (χ2n) is 6.31. The van der Waals surface area contributed by atoms with Crippen molar-refractivity contribution >= 4 is 34.0 Å². The molecule has 0 spiro atoms. The van der Waals surface area contributed by atoms with Gasteiger partial charge in [-0.25, -0.2) is 4.79 Å². The fourth-order valence-electron chi connectivity index (χ4n) is 2.85. The molecule has 0 aliphatic rings. The summed E-state index contributed by atoms with van der Waals surface area (Å²) < 4.78 is 6.83. The number of thiophene rings is 1. The molecular weight excluding hydrogens is 388 g/mol. The Bertz CT molecular complexity index is 1040. The fraction of sp³-hybridized carbons (Fsp3) is 0.182. The summed E-state index contributed by atoms with van der Waals surface area (Å²) in [5.41, 5.74) is 2.46. The number of hydrogen-bond acceptors (Lipinski definition) is 5. The summed E-state index contributed by atoms with van der Waals surface area (Å²) in [5.74, 6) is -0.855. The third-order valence-corrected chi connectivity index (χ3v) is 5.09. The van der Waals surface area contributed by atoms with Crippen LogP contribution in [0.1, 0.15) is 34.6 Å². The van der Waals surface area contributed by atoms with E-state index >= 15 is 0 Å². The normalized spacial score (nSPS) is 10.4. The van der Waals surface area contributed by atoms with E-state index in [9.17, 15) is 14.4 Å². The van der Waals surface area contributed by atoms with E-state index in [1.807, 2.05) is 35.7 Å². The van der Waals surface area contributed by atoms with Crippen molar-refractivity contribution in [3.05, 3.63) is 71.4 Å². The number of carbonyl (C=O) groups excluding carboxylic acids is 3. The van der Waals surface area contributed by atoms with Crippen molar-refractivity contribution in [3.8, 4) is 11.1 Å². The van der Waals surface area contributed by atoms with Crippen molar-refractivity contribution in [3.63, 3.8) is 0 Å². The van der Waals surface area contributed by atoms with Gasteiger partial charge in [0.05, 0.1) is 12.2 Å². The molecule has 0 atom stereocenters. The minimum atomic E-state index is -0.478. The van der Waals surface area contributed by atoms with Crippen LogP contribution in [0, 0.1) is 0 Å². The number of benzene rings is 1. The van der Waals surface area contributed by atoms with Crippen LogP contribution >= 0.6 is 11.3 Å². The maximum absolute atomic E-state index is 12.6. The van der Waals surface area contributed by atoms with E-state index in [0.29, 0.717) is 16.1 Å². The van der Waals surface area contributed by atoms with Gasteiger partial charge in [0.15, 0.2) is 18.2 Å². The summed E-state index contributed by atoms with van der Waals surface area (Å²) in [5, 5.41) is 5.08. The number of anilines is 1. The van der Waals surface area contributed by atoms with E-state index in [2.05, 4.69) is 5.32 Å². The molecule has 1 N–H and O–H groups in total. The number of nitrogens with one attached hydrogen (secondary N) is 1. The molecule has 1 aromatic carbocycles. The van der Waals surface area contributed by atoms with Gasteiger partial charge in [-0.2, -0.15) is 4.57 Å². The van der Waals surface area contributed by atoms with E-state index in [4.69, 9.17) is 4.74 Å². The van der Waals surface area contributed by atoms with Gasteiger partial charge in [-0.3, -0.25) is 9.59 Å². The second-order valence-corrected chi connectivity index (χ2v) is 7.19. The molecule has 7 heteroatoms. The summed E-state index contributed by atoms with van der Waals surface area (Å²) in [6.45, 7) is 3.47. The number of Topliss-reactive ketones (excluding diaryl/α,β-unsaturated/α-hetero) is 1. The Morgan fingerprint density at radius 3 is 2.55 bits per heavy atom. The number of carbonyl (C=O) groups is 3. The number of esters is 1. The molecule has 6 nitrogen and oxygen atoms in total. The Morgan fingerprint density at radius 1 is 1.10 bits per heavy atom. The molecule has 0 radical (unpaired) electrons. The van der Waals surface area contributed by atoms with Crippen LogP contribution < -0.4 is 9.88 Å². The van der Waals surface area contributed by atoms with E-state index in [0.717, 1.165) is 11.1 Å². The van der Waals surface area contributed by atoms with Crippen molar-refractivity contribution in [2.24, 2.45) is 0 Å². The first-order valence-corrected chi connectivity index (χ1v) is 10.0. The molecule has 3 aromatic rings. The van der Waals surface area contributed by atoms with Crippen LogP contribution in [0.4, 0.5) is 5.00 Å². The maximum atomic E-state index is 12.6. The van der Waals surface area contributed by atoms with Crippen LogP contribution in [-0.4, -0.2) is 24.3 Å². The molecule has 29 heavy (non-hydrogen) atoms. The molecule has 148 valence electrons. The first kappa shape index (κ1) is 20.4. The number of rotatable bonds is 7. The third kappa shape index (κ3) is 4.94. The molecular formula is C22H21N2O4S+. The molecule has 3 rings (SSSR count). The largest absolute Gasteiger partial charge is 0.462 e. The molecule has 0 saturated heterocycles. The lowest BCUT2D eigenvalue weighted by molar-refractivity contribution is -0.684. The number of ether oxygens (including phenoxy) is 1. The lowest BCUT2D eigenvalue weighted by atomic mass is 10.0. The number of hydrogen-bond donors (Lipinski definition) is 1. The Morgan fingerprint density at radius 2 is 1.86 bits per heavy atom. The van der Waals surface area contributed by atoms with Crippen LogP contribution in [0.15, 0.2) is 60.2 Å². The fourth-order valence-corrected chi connectivity index (χ4v) is 3.82. The van der Waals surface area contributed by atoms with Gasteiger partial charge in [0.25, 0.3) is 5.91 Å². The summed E-state index contributed by atoms with van der Waals surface area (Å²) in [6.07, 6.45) is 3.33. The highest BCUT2D eigenvalue weighted by Gasteiger charge is 2.23. The predicted octanol–water partition coefficient (Wildman–Crippen LogP) is 3.72. The van der Waals surface area contributed by atoms with Gasteiger partial charge in [0, 0.05) is 17.0 Å². The smallest absolute Gasteiger partial charge is 0.341 e. The Kier molecular flexibility index (Phi) is 6.51. The van der Waals surface area contributed by atoms with E-state index in [1.165, 1.54) is 18.3 Å². The van der Waals surface area contributed by atoms with E-state index < -0.39 is 5.97 Å². The van der Waals surface area contributed by atoms with Crippen LogP contribution in [0.5, 0.6) is 0 Å². The minimum absolute atomic E-state index is 0.0158.